The van der Waals surface area contributed by atoms with Gasteiger partial charge in [-0.05, 0) is 6.07 Å². The second kappa shape index (κ2) is 7.55. The zero-order valence-corrected chi connectivity index (χ0v) is 14.5. The third-order valence-electron chi connectivity index (χ3n) is 4.26. The largest absolute Gasteiger partial charge is 0.417 e. The van der Waals surface area contributed by atoms with Crippen molar-refractivity contribution < 1.29 is 27.9 Å². The van der Waals surface area contributed by atoms with Gasteiger partial charge >= 0.3 is 6.18 Å². The number of anilines is 1. The Morgan fingerprint density at radius 3 is 2.58 bits per heavy atom. The average Bonchev–Trinajstić information content (AvgIpc) is 3.01. The molecular weight excluding hydrogens is 377 g/mol. The molecule has 0 aromatic carbocycles. The minimum absolute atomic E-state index is 0.0520. The summed E-state index contributed by atoms with van der Waals surface area (Å²) in [6, 6.07) is 0.871. The Morgan fingerprint density at radius 1 is 1.35 bits per heavy atom. The number of carbonyl (C=O) groups is 1. The Morgan fingerprint density at radius 2 is 2.04 bits per heavy atom. The number of halogens is 4. The van der Waals surface area contributed by atoms with Gasteiger partial charge in [-0.3, -0.25) is 14.5 Å². The van der Waals surface area contributed by atoms with Crippen molar-refractivity contribution in [2.75, 3.05) is 50.8 Å². The van der Waals surface area contributed by atoms with Crippen LogP contribution < -0.4 is 4.90 Å². The third-order valence-corrected chi connectivity index (χ3v) is 4.54. The Hall–Kier alpha value is -1.62. The topological polar surface area (TPSA) is 69.1 Å². The molecule has 7 nitrogen and oxygen atoms in total. The van der Waals surface area contributed by atoms with E-state index in [0.717, 1.165) is 17.3 Å². The monoisotopic (exact) mass is 394 g/mol. The molecule has 2 fully saturated rings. The third kappa shape index (κ3) is 4.37. The lowest BCUT2D eigenvalue weighted by molar-refractivity contribution is -0.169. The number of alkyl halides is 3. The summed E-state index contributed by atoms with van der Waals surface area (Å²) in [7, 11) is 0. The van der Waals surface area contributed by atoms with Crippen molar-refractivity contribution in [2.45, 2.75) is 12.3 Å². The average molecular weight is 395 g/mol. The molecule has 1 unspecified atom stereocenters. The van der Waals surface area contributed by atoms with Gasteiger partial charge in [0, 0.05) is 32.4 Å². The number of piperazine rings is 1. The maximum atomic E-state index is 12.7. The van der Waals surface area contributed by atoms with Crippen molar-refractivity contribution in [3.8, 4) is 0 Å². The van der Waals surface area contributed by atoms with Crippen molar-refractivity contribution in [3.63, 3.8) is 0 Å². The first kappa shape index (κ1) is 19.2. The van der Waals surface area contributed by atoms with Gasteiger partial charge in [0.05, 0.1) is 29.8 Å². The standard InChI is InChI=1S/C15H18ClF3N4O3/c16-12-5-10(15(17,18)19)6-20-14(12)22-3-1-21(2-4-22)8-13(25)23-7-11(24)9-26-23/h5-6,11,24H,1-4,7-9H2. The molecule has 1 atom stereocenters. The van der Waals surface area contributed by atoms with Gasteiger partial charge in [-0.1, -0.05) is 11.6 Å². The second-order valence-electron chi connectivity index (χ2n) is 6.19. The molecule has 2 saturated heterocycles. The highest BCUT2D eigenvalue weighted by atomic mass is 35.5. The molecule has 1 amide bonds. The van der Waals surface area contributed by atoms with E-state index in [2.05, 4.69) is 4.98 Å². The SMILES string of the molecule is O=C(CN1CCN(c2ncc(C(F)(F)F)cc2Cl)CC1)N1CC(O)CO1. The molecule has 0 radical (unpaired) electrons. The van der Waals surface area contributed by atoms with E-state index >= 15 is 0 Å². The molecule has 1 N–H and O–H groups in total. The fourth-order valence-electron chi connectivity index (χ4n) is 2.85. The van der Waals surface area contributed by atoms with Crippen LogP contribution in [0.1, 0.15) is 5.56 Å². The molecule has 144 valence electrons. The maximum absolute atomic E-state index is 12.7. The first-order chi connectivity index (χ1) is 12.2. The lowest BCUT2D eigenvalue weighted by Crippen LogP contribution is -2.50. The molecule has 3 heterocycles. The Labute approximate surface area is 152 Å². The predicted octanol–water partition coefficient (Wildman–Crippen LogP) is 1.01. The van der Waals surface area contributed by atoms with E-state index in [0.29, 0.717) is 32.0 Å². The van der Waals surface area contributed by atoms with Crippen LogP contribution in [0.25, 0.3) is 0 Å². The number of nitrogens with zero attached hydrogens (tertiary/aromatic N) is 4. The number of β-amino-alcohol motifs (C(OH)–C–C–N with tert-alkyl or cyclic N) is 1. The fraction of sp³-hybridized carbons (Fsp3) is 0.600. The quantitative estimate of drug-likeness (QED) is 0.825. The van der Waals surface area contributed by atoms with E-state index in [1.54, 1.807) is 4.90 Å². The van der Waals surface area contributed by atoms with Gasteiger partial charge in [0.15, 0.2) is 0 Å². The highest BCUT2D eigenvalue weighted by Gasteiger charge is 2.33. The molecule has 11 heteroatoms. The zero-order valence-electron chi connectivity index (χ0n) is 13.7. The number of rotatable bonds is 3. The van der Waals surface area contributed by atoms with Gasteiger partial charge in [-0.25, -0.2) is 10.0 Å². The number of pyridine rings is 1. The molecule has 0 spiro atoms. The van der Waals surface area contributed by atoms with Gasteiger partial charge in [0.25, 0.3) is 5.91 Å². The normalized spacial score (nSPS) is 22.1. The molecule has 3 rings (SSSR count). The molecule has 2 aliphatic rings. The summed E-state index contributed by atoms with van der Waals surface area (Å²) in [5.74, 6) is 0.0670. The van der Waals surface area contributed by atoms with Crippen LogP contribution in [0.3, 0.4) is 0 Å². The lowest BCUT2D eigenvalue weighted by Gasteiger charge is -2.35. The van der Waals surface area contributed by atoms with Crippen LogP contribution in [0, 0.1) is 0 Å². The van der Waals surface area contributed by atoms with Crippen LogP contribution in [-0.4, -0.2) is 77.9 Å². The van der Waals surface area contributed by atoms with E-state index in [4.69, 9.17) is 16.4 Å². The molecule has 1 aromatic rings. The first-order valence-electron chi connectivity index (χ1n) is 8.05. The number of aromatic nitrogens is 1. The summed E-state index contributed by atoms with van der Waals surface area (Å²) in [6.07, 6.45) is -4.38. The zero-order chi connectivity index (χ0) is 18.9. The minimum Gasteiger partial charge on any atom is -0.389 e. The van der Waals surface area contributed by atoms with Crippen molar-refractivity contribution in [1.29, 1.82) is 0 Å². The number of aliphatic hydroxyl groups excluding tert-OH is 1. The minimum atomic E-state index is -4.49. The van der Waals surface area contributed by atoms with Crippen LogP contribution in [0.2, 0.25) is 5.02 Å². The van der Waals surface area contributed by atoms with Gasteiger partial charge in [-0.2, -0.15) is 13.2 Å². The smallest absolute Gasteiger partial charge is 0.389 e. The molecule has 2 aliphatic heterocycles. The van der Waals surface area contributed by atoms with Crippen molar-refractivity contribution in [2.24, 2.45) is 0 Å². The van der Waals surface area contributed by atoms with Crippen LogP contribution in [0.4, 0.5) is 19.0 Å². The number of aliphatic hydroxyl groups is 1. The maximum Gasteiger partial charge on any atom is 0.417 e. The molecule has 0 aliphatic carbocycles. The summed E-state index contributed by atoms with van der Waals surface area (Å²) in [4.78, 5) is 24.7. The Bertz CT molecular complexity index is 668. The van der Waals surface area contributed by atoms with E-state index in [1.807, 2.05) is 4.90 Å². The van der Waals surface area contributed by atoms with Gasteiger partial charge in [0.1, 0.15) is 12.4 Å². The molecule has 0 saturated carbocycles. The lowest BCUT2D eigenvalue weighted by atomic mass is 10.2. The van der Waals surface area contributed by atoms with Crippen LogP contribution in [0.5, 0.6) is 0 Å². The molecule has 0 bridgehead atoms. The van der Waals surface area contributed by atoms with Crippen molar-refractivity contribution in [1.82, 2.24) is 14.9 Å². The number of amides is 1. The van der Waals surface area contributed by atoms with E-state index in [9.17, 15) is 23.1 Å². The van der Waals surface area contributed by atoms with E-state index in [1.165, 1.54) is 0 Å². The Balaban J connectivity index is 1.54. The number of hydroxylamine groups is 2. The number of hydrogen-bond acceptors (Lipinski definition) is 6. The summed E-state index contributed by atoms with van der Waals surface area (Å²) >= 11 is 5.97. The van der Waals surface area contributed by atoms with Gasteiger partial charge in [-0.15, -0.1) is 0 Å². The fourth-order valence-corrected chi connectivity index (χ4v) is 3.14. The van der Waals surface area contributed by atoms with E-state index < -0.39 is 17.8 Å². The number of carbonyl (C=O) groups excluding carboxylic acids is 1. The van der Waals surface area contributed by atoms with E-state index in [-0.39, 0.29) is 30.6 Å². The summed E-state index contributed by atoms with van der Waals surface area (Å²) in [5.41, 5.74) is -0.886. The highest BCUT2D eigenvalue weighted by molar-refractivity contribution is 6.33. The Kier molecular flexibility index (Phi) is 5.56. The van der Waals surface area contributed by atoms with Gasteiger partial charge in [0.2, 0.25) is 0 Å². The molecule has 1 aromatic heterocycles. The molecule has 26 heavy (non-hydrogen) atoms. The van der Waals surface area contributed by atoms with Gasteiger partial charge < -0.3 is 10.0 Å². The number of hydrogen-bond donors (Lipinski definition) is 1. The van der Waals surface area contributed by atoms with Crippen molar-refractivity contribution in [3.05, 3.63) is 22.8 Å². The second-order valence-corrected chi connectivity index (χ2v) is 6.60. The van der Waals surface area contributed by atoms with Crippen LogP contribution in [0.15, 0.2) is 12.3 Å². The predicted molar refractivity (Wildman–Crippen MR) is 86.6 cm³/mol. The summed E-state index contributed by atoms with van der Waals surface area (Å²) in [5, 5.41) is 10.5. The van der Waals surface area contributed by atoms with Crippen LogP contribution >= 0.6 is 11.6 Å². The summed E-state index contributed by atoms with van der Waals surface area (Å²) < 4.78 is 38.1. The van der Waals surface area contributed by atoms with Crippen molar-refractivity contribution >= 4 is 23.3 Å². The molecular formula is C15H18ClF3N4O3. The van der Waals surface area contributed by atoms with Crippen LogP contribution in [-0.2, 0) is 15.8 Å². The summed E-state index contributed by atoms with van der Waals surface area (Å²) in [6.45, 7) is 2.43. The highest BCUT2D eigenvalue weighted by Crippen LogP contribution is 2.33. The first-order valence-corrected chi connectivity index (χ1v) is 8.43.